The quantitative estimate of drug-likeness (QED) is 0.200. The second-order valence-corrected chi connectivity index (χ2v) is 11.7. The molecule has 1 amide bonds. The molecule has 12 heteroatoms. The number of sulfonamides is 1. The molecule has 0 spiro atoms. The zero-order valence-electron chi connectivity index (χ0n) is 22.5. The number of esters is 1. The Morgan fingerprint density at radius 1 is 1.02 bits per heavy atom. The Bertz CT molecular complexity index is 1460. The second kappa shape index (κ2) is 13.3. The van der Waals surface area contributed by atoms with Gasteiger partial charge in [-0.1, -0.05) is 29.8 Å². The van der Waals surface area contributed by atoms with E-state index in [0.29, 0.717) is 11.3 Å². The highest BCUT2D eigenvalue weighted by Crippen LogP contribution is 2.34. The van der Waals surface area contributed by atoms with Crippen LogP contribution < -0.4 is 19.2 Å². The number of carbonyl (C=O) groups excluding carboxylic acids is 2. The topological polar surface area (TPSA) is 124 Å². The first-order chi connectivity index (χ1) is 18.9. The third kappa shape index (κ3) is 8.72. The van der Waals surface area contributed by atoms with Gasteiger partial charge >= 0.3 is 5.97 Å². The van der Waals surface area contributed by atoms with E-state index < -0.39 is 34.0 Å². The lowest BCUT2D eigenvalue weighted by Crippen LogP contribution is -2.39. The Morgan fingerprint density at radius 2 is 1.70 bits per heavy atom. The number of benzene rings is 3. The SMILES string of the molecule is COc1ccc(Cl)cc1N(CC(=O)N/N=C/c1ccc(OCC(=O)OC(C)(C)C)cc1)S(=O)(=O)c1ccccc1. The van der Waals surface area contributed by atoms with Gasteiger partial charge in [-0.15, -0.1) is 0 Å². The van der Waals surface area contributed by atoms with Crippen molar-refractivity contribution in [2.75, 3.05) is 24.6 Å². The normalized spacial score (nSPS) is 11.6. The predicted molar refractivity (Wildman–Crippen MR) is 152 cm³/mol. The predicted octanol–water partition coefficient (Wildman–Crippen LogP) is 4.41. The van der Waals surface area contributed by atoms with Crippen LogP contribution in [0.4, 0.5) is 5.69 Å². The van der Waals surface area contributed by atoms with Crippen LogP contribution >= 0.6 is 11.6 Å². The van der Waals surface area contributed by atoms with Crippen molar-refractivity contribution in [2.45, 2.75) is 31.3 Å². The Kier molecular flexibility index (Phi) is 10.1. The van der Waals surface area contributed by atoms with Gasteiger partial charge < -0.3 is 14.2 Å². The minimum absolute atomic E-state index is 0.0118. The maximum Gasteiger partial charge on any atom is 0.344 e. The van der Waals surface area contributed by atoms with E-state index in [-0.39, 0.29) is 28.0 Å². The molecule has 0 radical (unpaired) electrons. The maximum absolute atomic E-state index is 13.5. The van der Waals surface area contributed by atoms with Gasteiger partial charge in [0.25, 0.3) is 15.9 Å². The van der Waals surface area contributed by atoms with Crippen molar-refractivity contribution in [1.29, 1.82) is 0 Å². The summed E-state index contributed by atoms with van der Waals surface area (Å²) in [7, 11) is -2.78. The van der Waals surface area contributed by atoms with Crippen molar-refractivity contribution in [3.8, 4) is 11.5 Å². The van der Waals surface area contributed by atoms with Gasteiger partial charge in [-0.05, 0) is 80.9 Å². The number of hydrogen-bond donors (Lipinski definition) is 1. The van der Waals surface area contributed by atoms with Crippen LogP contribution in [0.25, 0.3) is 0 Å². The molecule has 212 valence electrons. The number of hydrazone groups is 1. The fourth-order valence-corrected chi connectivity index (χ4v) is 5.00. The summed E-state index contributed by atoms with van der Waals surface area (Å²) in [6.45, 7) is 4.48. The summed E-state index contributed by atoms with van der Waals surface area (Å²) >= 11 is 6.14. The van der Waals surface area contributed by atoms with Crippen LogP contribution in [0.5, 0.6) is 11.5 Å². The fraction of sp³-hybridized carbons (Fsp3) is 0.250. The van der Waals surface area contributed by atoms with Gasteiger partial charge in [0.15, 0.2) is 6.61 Å². The van der Waals surface area contributed by atoms with Crippen LogP contribution in [-0.2, 0) is 24.3 Å². The number of methoxy groups -OCH3 is 1. The number of halogens is 1. The van der Waals surface area contributed by atoms with Crippen LogP contribution in [0.1, 0.15) is 26.3 Å². The molecule has 0 saturated heterocycles. The molecule has 0 aliphatic rings. The number of rotatable bonds is 11. The second-order valence-electron chi connectivity index (χ2n) is 9.38. The van der Waals surface area contributed by atoms with Crippen LogP contribution in [0.3, 0.4) is 0 Å². The summed E-state index contributed by atoms with van der Waals surface area (Å²) in [5, 5.41) is 4.19. The minimum Gasteiger partial charge on any atom is -0.495 e. The first-order valence-corrected chi connectivity index (χ1v) is 13.9. The van der Waals surface area contributed by atoms with Gasteiger partial charge in [-0.2, -0.15) is 5.10 Å². The van der Waals surface area contributed by atoms with Crippen LogP contribution in [0.15, 0.2) is 82.8 Å². The number of nitrogens with one attached hydrogen (secondary N) is 1. The minimum atomic E-state index is -4.17. The molecular formula is C28H30ClN3O7S. The standard InChI is InChI=1S/C28H30ClN3O7S/c1-28(2,3)39-27(34)19-38-22-13-10-20(11-14-22)17-30-31-26(33)18-32(24-16-21(29)12-15-25(24)37-4)40(35,36)23-8-6-5-7-9-23/h5-17H,18-19H2,1-4H3,(H,31,33)/b30-17+. The van der Waals surface area contributed by atoms with Crippen molar-refractivity contribution in [3.63, 3.8) is 0 Å². The molecule has 0 fully saturated rings. The van der Waals surface area contributed by atoms with E-state index in [9.17, 15) is 18.0 Å². The summed E-state index contributed by atoms with van der Waals surface area (Å²) in [6.07, 6.45) is 1.38. The van der Waals surface area contributed by atoms with Crippen molar-refractivity contribution >= 4 is 45.4 Å². The molecule has 0 heterocycles. The lowest BCUT2D eigenvalue weighted by atomic mass is 10.2. The van der Waals surface area contributed by atoms with E-state index in [1.807, 2.05) is 0 Å². The molecule has 0 aliphatic heterocycles. The average molecular weight is 588 g/mol. The molecule has 1 N–H and O–H groups in total. The highest BCUT2D eigenvalue weighted by Gasteiger charge is 2.29. The maximum atomic E-state index is 13.5. The Hall–Kier alpha value is -4.09. The molecule has 10 nitrogen and oxygen atoms in total. The molecule has 0 unspecified atom stereocenters. The van der Waals surface area contributed by atoms with Gasteiger partial charge in [0, 0.05) is 5.02 Å². The highest BCUT2D eigenvalue weighted by atomic mass is 35.5. The monoisotopic (exact) mass is 587 g/mol. The first-order valence-electron chi connectivity index (χ1n) is 12.1. The van der Waals surface area contributed by atoms with E-state index in [2.05, 4.69) is 10.5 Å². The van der Waals surface area contributed by atoms with E-state index >= 15 is 0 Å². The molecule has 0 aromatic heterocycles. The third-order valence-corrected chi connectivity index (χ3v) is 7.10. The zero-order chi connectivity index (χ0) is 29.3. The Morgan fingerprint density at radius 3 is 2.33 bits per heavy atom. The van der Waals surface area contributed by atoms with Crippen LogP contribution in [0, 0.1) is 0 Å². The van der Waals surface area contributed by atoms with Crippen LogP contribution in [0.2, 0.25) is 5.02 Å². The fourth-order valence-electron chi connectivity index (χ4n) is 3.39. The van der Waals surface area contributed by atoms with Crippen LogP contribution in [-0.4, -0.2) is 52.4 Å². The smallest absolute Gasteiger partial charge is 0.344 e. The lowest BCUT2D eigenvalue weighted by molar-refractivity contribution is -0.157. The summed E-state index contributed by atoms with van der Waals surface area (Å²) in [6, 6.07) is 18.8. The molecule has 0 saturated carbocycles. The molecule has 3 aromatic rings. The van der Waals surface area contributed by atoms with Crippen molar-refractivity contribution in [1.82, 2.24) is 5.43 Å². The summed E-state index contributed by atoms with van der Waals surface area (Å²) in [4.78, 5) is 24.6. The van der Waals surface area contributed by atoms with Crippen molar-refractivity contribution in [3.05, 3.63) is 83.4 Å². The number of anilines is 1. The summed E-state index contributed by atoms with van der Waals surface area (Å²) < 4.78 is 43.9. The van der Waals surface area contributed by atoms with E-state index in [0.717, 1.165) is 4.31 Å². The van der Waals surface area contributed by atoms with E-state index in [1.165, 1.54) is 37.6 Å². The molecule has 3 rings (SSSR count). The van der Waals surface area contributed by atoms with Gasteiger partial charge in [-0.25, -0.2) is 18.6 Å². The number of carbonyl (C=O) groups is 2. The zero-order valence-corrected chi connectivity index (χ0v) is 24.0. The number of nitrogens with zero attached hydrogens (tertiary/aromatic N) is 2. The molecular weight excluding hydrogens is 558 g/mol. The molecule has 40 heavy (non-hydrogen) atoms. The molecule has 0 aliphatic carbocycles. The van der Waals surface area contributed by atoms with Crippen molar-refractivity contribution < 1.29 is 32.2 Å². The summed E-state index contributed by atoms with van der Waals surface area (Å²) in [5.74, 6) is -0.520. The largest absolute Gasteiger partial charge is 0.495 e. The van der Waals surface area contributed by atoms with E-state index in [1.54, 1.807) is 69.3 Å². The Labute approximate surface area is 238 Å². The van der Waals surface area contributed by atoms with Gasteiger partial charge in [0.1, 0.15) is 23.6 Å². The number of hydrogen-bond acceptors (Lipinski definition) is 8. The van der Waals surface area contributed by atoms with Crippen molar-refractivity contribution in [2.24, 2.45) is 5.10 Å². The molecule has 3 aromatic carbocycles. The summed E-state index contributed by atoms with van der Waals surface area (Å²) in [5.41, 5.74) is 2.46. The first kappa shape index (κ1) is 30.5. The lowest BCUT2D eigenvalue weighted by Gasteiger charge is -2.25. The van der Waals surface area contributed by atoms with Gasteiger partial charge in [-0.3, -0.25) is 9.10 Å². The average Bonchev–Trinajstić information content (AvgIpc) is 2.90. The molecule has 0 bridgehead atoms. The number of amides is 1. The highest BCUT2D eigenvalue weighted by molar-refractivity contribution is 7.92. The van der Waals surface area contributed by atoms with Gasteiger partial charge in [0.05, 0.1) is 23.9 Å². The third-order valence-electron chi connectivity index (χ3n) is 5.09. The van der Waals surface area contributed by atoms with Gasteiger partial charge in [0.2, 0.25) is 0 Å². The number of ether oxygens (including phenoxy) is 3. The van der Waals surface area contributed by atoms with E-state index in [4.69, 9.17) is 25.8 Å². The Balaban J connectivity index is 1.70. The molecule has 0 atom stereocenters.